The molecule has 0 radical (unpaired) electrons. The fourth-order valence-corrected chi connectivity index (χ4v) is 2.67. The summed E-state index contributed by atoms with van der Waals surface area (Å²) in [6.07, 6.45) is -1.08. The van der Waals surface area contributed by atoms with E-state index in [1.807, 2.05) is 0 Å². The first-order valence-corrected chi connectivity index (χ1v) is 8.83. The standard InChI is InChI=1S/C19H18ClNO7/c1-3-25-16-7-11(6-13(20)17(16)22)19(24)28-10(2)18(23)21-12-4-5-14-15(8-12)27-9-26-14/h4-8,10,22H,3,9H2,1-2H3,(H,21,23)/t10-/m1/s1. The summed E-state index contributed by atoms with van der Waals surface area (Å²) in [5.74, 6) is -0.414. The van der Waals surface area contributed by atoms with Crippen LogP contribution in [-0.2, 0) is 9.53 Å². The van der Waals surface area contributed by atoms with Gasteiger partial charge in [-0.15, -0.1) is 0 Å². The van der Waals surface area contributed by atoms with E-state index in [1.165, 1.54) is 19.1 Å². The van der Waals surface area contributed by atoms with Crippen molar-refractivity contribution in [2.45, 2.75) is 20.0 Å². The van der Waals surface area contributed by atoms with Gasteiger partial charge in [0.25, 0.3) is 5.91 Å². The Morgan fingerprint density at radius 3 is 2.75 bits per heavy atom. The Hall–Kier alpha value is -3.13. The minimum atomic E-state index is -1.08. The third-order valence-corrected chi connectivity index (χ3v) is 4.15. The number of aromatic hydroxyl groups is 1. The molecule has 0 aliphatic carbocycles. The number of hydrogen-bond donors (Lipinski definition) is 2. The summed E-state index contributed by atoms with van der Waals surface area (Å²) in [7, 11) is 0. The van der Waals surface area contributed by atoms with Gasteiger partial charge in [-0.05, 0) is 38.1 Å². The molecular formula is C19H18ClNO7. The fourth-order valence-electron chi connectivity index (χ4n) is 2.46. The molecule has 28 heavy (non-hydrogen) atoms. The summed E-state index contributed by atoms with van der Waals surface area (Å²) in [5, 5.41) is 12.4. The predicted octanol–water partition coefficient (Wildman–Crippen LogP) is 3.36. The number of hydrogen-bond acceptors (Lipinski definition) is 7. The van der Waals surface area contributed by atoms with Crippen LogP contribution in [0.4, 0.5) is 5.69 Å². The van der Waals surface area contributed by atoms with Crippen molar-refractivity contribution < 1.29 is 33.6 Å². The maximum Gasteiger partial charge on any atom is 0.339 e. The van der Waals surface area contributed by atoms with Gasteiger partial charge in [0.05, 0.1) is 17.2 Å². The number of phenolic OH excluding ortho intramolecular Hbond substituents is 1. The second kappa shape index (κ2) is 8.26. The molecule has 1 heterocycles. The number of carbonyl (C=O) groups is 2. The molecular weight excluding hydrogens is 390 g/mol. The summed E-state index contributed by atoms with van der Waals surface area (Å²) in [6, 6.07) is 7.47. The van der Waals surface area contributed by atoms with Crippen molar-refractivity contribution in [3.63, 3.8) is 0 Å². The van der Waals surface area contributed by atoms with Crippen molar-refractivity contribution in [1.29, 1.82) is 0 Å². The molecule has 2 aromatic carbocycles. The van der Waals surface area contributed by atoms with Gasteiger partial charge in [-0.3, -0.25) is 4.79 Å². The molecule has 1 aliphatic rings. The molecule has 0 saturated carbocycles. The number of ether oxygens (including phenoxy) is 4. The molecule has 9 heteroatoms. The lowest BCUT2D eigenvalue weighted by Gasteiger charge is -2.15. The smallest absolute Gasteiger partial charge is 0.339 e. The Morgan fingerprint density at radius 1 is 1.25 bits per heavy atom. The quantitative estimate of drug-likeness (QED) is 0.707. The van der Waals surface area contributed by atoms with Crippen LogP contribution in [0.3, 0.4) is 0 Å². The van der Waals surface area contributed by atoms with Crippen LogP contribution >= 0.6 is 11.6 Å². The fraction of sp³-hybridized carbons (Fsp3) is 0.263. The molecule has 0 spiro atoms. The number of amides is 1. The number of anilines is 1. The molecule has 2 N–H and O–H groups in total. The predicted molar refractivity (Wildman–Crippen MR) is 100 cm³/mol. The highest BCUT2D eigenvalue weighted by atomic mass is 35.5. The number of nitrogens with one attached hydrogen (secondary N) is 1. The highest BCUT2D eigenvalue weighted by Gasteiger charge is 2.22. The SMILES string of the molecule is CCOc1cc(C(=O)O[C@H](C)C(=O)Nc2ccc3c(c2)OCO3)cc(Cl)c1O. The van der Waals surface area contributed by atoms with Crippen LogP contribution in [0.25, 0.3) is 0 Å². The molecule has 8 nitrogen and oxygen atoms in total. The van der Waals surface area contributed by atoms with Crippen molar-refractivity contribution in [1.82, 2.24) is 0 Å². The van der Waals surface area contributed by atoms with Gasteiger partial charge in [0, 0.05) is 11.8 Å². The van der Waals surface area contributed by atoms with Gasteiger partial charge in [0.1, 0.15) is 0 Å². The van der Waals surface area contributed by atoms with Crippen molar-refractivity contribution in [2.24, 2.45) is 0 Å². The first kappa shape index (κ1) is 19.6. The number of halogens is 1. The molecule has 0 unspecified atom stereocenters. The van der Waals surface area contributed by atoms with Gasteiger partial charge < -0.3 is 29.4 Å². The Morgan fingerprint density at radius 2 is 2.00 bits per heavy atom. The maximum absolute atomic E-state index is 12.4. The molecule has 3 rings (SSSR count). The number of phenols is 1. The van der Waals surface area contributed by atoms with Crippen LogP contribution in [0, 0.1) is 0 Å². The third-order valence-electron chi connectivity index (χ3n) is 3.86. The summed E-state index contributed by atoms with van der Waals surface area (Å²) in [5.41, 5.74) is 0.525. The van der Waals surface area contributed by atoms with E-state index in [0.29, 0.717) is 17.2 Å². The molecule has 1 atom stereocenters. The zero-order chi connectivity index (χ0) is 20.3. The van der Waals surface area contributed by atoms with Crippen molar-refractivity contribution >= 4 is 29.2 Å². The second-order valence-electron chi connectivity index (χ2n) is 5.84. The van der Waals surface area contributed by atoms with Gasteiger partial charge in [0.2, 0.25) is 6.79 Å². The monoisotopic (exact) mass is 407 g/mol. The zero-order valence-corrected chi connectivity index (χ0v) is 15.9. The zero-order valence-electron chi connectivity index (χ0n) is 15.2. The van der Waals surface area contributed by atoms with Crippen LogP contribution in [0.1, 0.15) is 24.2 Å². The summed E-state index contributed by atoms with van der Waals surface area (Å²) in [4.78, 5) is 24.7. The van der Waals surface area contributed by atoms with Crippen LogP contribution < -0.4 is 19.5 Å². The van der Waals surface area contributed by atoms with E-state index < -0.39 is 18.0 Å². The Bertz CT molecular complexity index is 915. The van der Waals surface area contributed by atoms with Gasteiger partial charge >= 0.3 is 5.97 Å². The number of carbonyl (C=O) groups excluding carboxylic acids is 2. The number of esters is 1. The van der Waals surface area contributed by atoms with Gasteiger partial charge in [-0.25, -0.2) is 4.79 Å². The molecule has 1 aliphatic heterocycles. The number of benzene rings is 2. The lowest BCUT2D eigenvalue weighted by molar-refractivity contribution is -0.123. The van der Waals surface area contributed by atoms with E-state index in [4.69, 9.17) is 30.5 Å². The topological polar surface area (TPSA) is 103 Å². The van der Waals surface area contributed by atoms with Crippen LogP contribution in [-0.4, -0.2) is 36.5 Å². The largest absolute Gasteiger partial charge is 0.503 e. The molecule has 0 bridgehead atoms. The van der Waals surface area contributed by atoms with Crippen LogP contribution in [0.15, 0.2) is 30.3 Å². The van der Waals surface area contributed by atoms with Crippen molar-refractivity contribution in [2.75, 3.05) is 18.7 Å². The van der Waals surface area contributed by atoms with E-state index in [9.17, 15) is 14.7 Å². The van der Waals surface area contributed by atoms with E-state index in [1.54, 1.807) is 25.1 Å². The first-order chi connectivity index (χ1) is 13.4. The van der Waals surface area contributed by atoms with E-state index in [2.05, 4.69) is 5.32 Å². The summed E-state index contributed by atoms with van der Waals surface area (Å²) < 4.78 is 20.9. The number of rotatable bonds is 6. The molecule has 148 valence electrons. The summed E-state index contributed by atoms with van der Waals surface area (Å²) in [6.45, 7) is 3.56. The average Bonchev–Trinajstić information content (AvgIpc) is 3.13. The van der Waals surface area contributed by atoms with Crippen molar-refractivity contribution in [3.8, 4) is 23.0 Å². The van der Waals surface area contributed by atoms with Gasteiger partial charge in [-0.2, -0.15) is 0 Å². The Kier molecular flexibility index (Phi) is 5.79. The first-order valence-electron chi connectivity index (χ1n) is 8.45. The normalized spacial score (nSPS) is 13.0. The lowest BCUT2D eigenvalue weighted by atomic mass is 10.2. The molecule has 1 amide bonds. The summed E-state index contributed by atoms with van der Waals surface area (Å²) >= 11 is 5.91. The Balaban J connectivity index is 1.66. The van der Waals surface area contributed by atoms with Crippen LogP contribution in [0.5, 0.6) is 23.0 Å². The van der Waals surface area contributed by atoms with E-state index >= 15 is 0 Å². The van der Waals surface area contributed by atoms with Gasteiger partial charge in [-0.1, -0.05) is 11.6 Å². The minimum Gasteiger partial charge on any atom is -0.503 e. The van der Waals surface area contributed by atoms with Crippen molar-refractivity contribution in [3.05, 3.63) is 40.9 Å². The molecule has 0 aromatic heterocycles. The van der Waals surface area contributed by atoms with E-state index in [0.717, 1.165) is 0 Å². The second-order valence-corrected chi connectivity index (χ2v) is 6.25. The maximum atomic E-state index is 12.4. The van der Waals surface area contributed by atoms with E-state index in [-0.39, 0.29) is 35.5 Å². The number of fused-ring (bicyclic) bond motifs is 1. The lowest BCUT2D eigenvalue weighted by Crippen LogP contribution is -2.30. The molecule has 2 aromatic rings. The highest BCUT2D eigenvalue weighted by Crippen LogP contribution is 2.36. The van der Waals surface area contributed by atoms with Crippen LogP contribution in [0.2, 0.25) is 5.02 Å². The average molecular weight is 408 g/mol. The minimum absolute atomic E-state index is 0.0500. The van der Waals surface area contributed by atoms with Gasteiger partial charge in [0.15, 0.2) is 29.1 Å². The Labute approximate surface area is 165 Å². The third kappa shape index (κ3) is 4.23. The molecule has 0 fully saturated rings. The molecule has 0 saturated heterocycles. The highest BCUT2D eigenvalue weighted by molar-refractivity contribution is 6.32.